The molecule has 2 rings (SSSR count). The molecule has 0 fully saturated rings. The maximum absolute atomic E-state index is 13.8. The number of carbonyl (C=O) groups is 2. The largest absolute Gasteiger partial charge is 0.354 e. The van der Waals surface area contributed by atoms with Gasteiger partial charge in [-0.25, -0.2) is 8.42 Å². The minimum Gasteiger partial charge on any atom is -0.354 e. The Morgan fingerprint density at radius 3 is 2.36 bits per heavy atom. The quantitative estimate of drug-likeness (QED) is 0.369. The Kier molecular flexibility index (Phi) is 11.1. The third kappa shape index (κ3) is 7.85. The van der Waals surface area contributed by atoms with Crippen LogP contribution in [0.25, 0.3) is 0 Å². The van der Waals surface area contributed by atoms with E-state index in [-0.39, 0.29) is 12.5 Å². The maximum Gasteiger partial charge on any atom is 0.244 e. The third-order valence-corrected chi connectivity index (χ3v) is 7.81. The maximum atomic E-state index is 13.8. The Morgan fingerprint density at radius 1 is 1.08 bits per heavy atom. The molecule has 2 aromatic carbocycles. The second kappa shape index (κ2) is 13.3. The fourth-order valence-electron chi connectivity index (χ4n) is 3.86. The molecule has 0 heterocycles. The van der Waals surface area contributed by atoms with Crippen molar-refractivity contribution in [3.63, 3.8) is 0 Å². The van der Waals surface area contributed by atoms with Crippen molar-refractivity contribution in [1.29, 1.82) is 0 Å². The number of hydrogen-bond acceptors (Lipinski definition) is 4. The molecular formula is C26H35Cl2N3O4S. The highest BCUT2D eigenvalue weighted by Gasteiger charge is 2.32. The molecule has 36 heavy (non-hydrogen) atoms. The van der Waals surface area contributed by atoms with E-state index in [4.69, 9.17) is 23.2 Å². The van der Waals surface area contributed by atoms with Crippen LogP contribution in [0.5, 0.6) is 0 Å². The molecule has 0 aromatic heterocycles. The molecule has 0 spiro atoms. The third-order valence-electron chi connectivity index (χ3n) is 6.10. The van der Waals surface area contributed by atoms with Crippen molar-refractivity contribution >= 4 is 50.7 Å². The predicted octanol–water partition coefficient (Wildman–Crippen LogP) is 5.10. The summed E-state index contributed by atoms with van der Waals surface area (Å²) in [5.74, 6) is -0.799. The van der Waals surface area contributed by atoms with Gasteiger partial charge in [0, 0.05) is 23.1 Å². The van der Waals surface area contributed by atoms with Crippen LogP contribution in [-0.2, 0) is 26.2 Å². The molecule has 0 bridgehead atoms. The normalized spacial score (nSPS) is 12.2. The van der Waals surface area contributed by atoms with Crippen LogP contribution >= 0.6 is 23.2 Å². The molecule has 10 heteroatoms. The smallest absolute Gasteiger partial charge is 0.244 e. The summed E-state index contributed by atoms with van der Waals surface area (Å²) in [6.07, 6.45) is 3.14. The Labute approximate surface area is 224 Å². The lowest BCUT2D eigenvalue weighted by molar-refractivity contribution is -0.140. The number of amides is 2. The molecule has 0 aliphatic carbocycles. The van der Waals surface area contributed by atoms with Crippen LogP contribution < -0.4 is 9.62 Å². The molecule has 1 N–H and O–H groups in total. The second-order valence-corrected chi connectivity index (χ2v) is 11.6. The molecule has 2 amide bonds. The van der Waals surface area contributed by atoms with Crippen LogP contribution in [-0.4, -0.2) is 50.5 Å². The number of sulfonamides is 1. The number of anilines is 1. The summed E-state index contributed by atoms with van der Waals surface area (Å²) in [7, 11) is -3.80. The van der Waals surface area contributed by atoms with Crippen molar-refractivity contribution in [3.8, 4) is 0 Å². The zero-order valence-electron chi connectivity index (χ0n) is 21.5. The summed E-state index contributed by atoms with van der Waals surface area (Å²) < 4.78 is 26.7. The minimum absolute atomic E-state index is 0.0267. The Bertz CT molecular complexity index is 1190. The van der Waals surface area contributed by atoms with Gasteiger partial charge in [0.25, 0.3) is 0 Å². The van der Waals surface area contributed by atoms with E-state index in [1.165, 1.54) is 4.90 Å². The zero-order valence-corrected chi connectivity index (χ0v) is 23.8. The number of aryl methyl sites for hydroxylation is 1. The van der Waals surface area contributed by atoms with E-state index in [2.05, 4.69) is 5.32 Å². The van der Waals surface area contributed by atoms with Gasteiger partial charge in [-0.05, 0) is 61.6 Å². The molecule has 198 valence electrons. The molecule has 0 radical (unpaired) electrons. The molecule has 2 aromatic rings. The molecule has 0 aliphatic rings. The lowest BCUT2D eigenvalue weighted by Crippen LogP contribution is -2.52. The monoisotopic (exact) mass is 555 g/mol. The predicted molar refractivity (Wildman–Crippen MR) is 147 cm³/mol. The van der Waals surface area contributed by atoms with E-state index in [1.807, 2.05) is 33.8 Å². The van der Waals surface area contributed by atoms with Crippen molar-refractivity contribution in [2.45, 2.75) is 59.5 Å². The van der Waals surface area contributed by atoms with Gasteiger partial charge in [0.1, 0.15) is 12.6 Å². The Hall–Kier alpha value is -2.29. The summed E-state index contributed by atoms with van der Waals surface area (Å²) in [5.41, 5.74) is 2.69. The molecule has 1 atom stereocenters. The van der Waals surface area contributed by atoms with E-state index >= 15 is 0 Å². The molecule has 0 saturated carbocycles. The molecular weight excluding hydrogens is 521 g/mol. The van der Waals surface area contributed by atoms with Gasteiger partial charge in [-0.3, -0.25) is 13.9 Å². The molecule has 0 saturated heterocycles. The number of halogens is 2. The SMILES string of the molecule is CCCCNC(=O)C(CC)N(Cc1ccc(Cl)cc1Cl)C(=O)CN(c1cccc(C)c1C)S(C)(=O)=O. The van der Waals surface area contributed by atoms with E-state index in [1.54, 1.807) is 30.3 Å². The van der Waals surface area contributed by atoms with Crippen molar-refractivity contribution in [2.24, 2.45) is 0 Å². The van der Waals surface area contributed by atoms with Crippen LogP contribution in [0.15, 0.2) is 36.4 Å². The molecule has 0 aliphatic heterocycles. The van der Waals surface area contributed by atoms with Gasteiger partial charge < -0.3 is 10.2 Å². The summed E-state index contributed by atoms with van der Waals surface area (Å²) in [6.45, 7) is 7.60. The first-order valence-corrected chi connectivity index (χ1v) is 14.6. The van der Waals surface area contributed by atoms with E-state index in [0.29, 0.717) is 34.3 Å². The van der Waals surface area contributed by atoms with Crippen LogP contribution in [0.2, 0.25) is 10.0 Å². The lowest BCUT2D eigenvalue weighted by Gasteiger charge is -2.33. The van der Waals surface area contributed by atoms with Gasteiger partial charge >= 0.3 is 0 Å². The summed E-state index contributed by atoms with van der Waals surface area (Å²) in [5, 5.41) is 3.70. The topological polar surface area (TPSA) is 86.8 Å². The minimum atomic E-state index is -3.80. The van der Waals surface area contributed by atoms with Gasteiger partial charge in [-0.1, -0.05) is 61.7 Å². The highest BCUT2D eigenvalue weighted by molar-refractivity contribution is 7.92. The van der Waals surface area contributed by atoms with E-state index < -0.39 is 28.5 Å². The van der Waals surface area contributed by atoms with Crippen LogP contribution in [0.4, 0.5) is 5.69 Å². The number of carbonyl (C=O) groups excluding carboxylic acids is 2. The number of unbranched alkanes of at least 4 members (excludes halogenated alkanes) is 1. The fourth-order valence-corrected chi connectivity index (χ4v) is 5.23. The van der Waals surface area contributed by atoms with Gasteiger partial charge in [0.05, 0.1) is 11.9 Å². The van der Waals surface area contributed by atoms with Gasteiger partial charge in [-0.15, -0.1) is 0 Å². The number of rotatable bonds is 12. The number of hydrogen-bond donors (Lipinski definition) is 1. The Morgan fingerprint density at radius 2 is 1.78 bits per heavy atom. The van der Waals surface area contributed by atoms with Crippen LogP contribution in [0, 0.1) is 13.8 Å². The zero-order chi connectivity index (χ0) is 27.0. The summed E-state index contributed by atoms with van der Waals surface area (Å²) in [6, 6.07) is 9.43. The van der Waals surface area contributed by atoms with Crippen LogP contribution in [0.1, 0.15) is 49.8 Å². The van der Waals surface area contributed by atoms with Crippen molar-refractivity contribution in [2.75, 3.05) is 23.7 Å². The summed E-state index contributed by atoms with van der Waals surface area (Å²) >= 11 is 12.4. The fraction of sp³-hybridized carbons (Fsp3) is 0.462. The lowest BCUT2D eigenvalue weighted by atomic mass is 10.1. The van der Waals surface area contributed by atoms with Crippen molar-refractivity contribution < 1.29 is 18.0 Å². The van der Waals surface area contributed by atoms with Crippen molar-refractivity contribution in [1.82, 2.24) is 10.2 Å². The highest BCUT2D eigenvalue weighted by Crippen LogP contribution is 2.27. The average Bonchev–Trinajstić information content (AvgIpc) is 2.80. The average molecular weight is 557 g/mol. The van der Waals surface area contributed by atoms with E-state index in [9.17, 15) is 18.0 Å². The number of nitrogens with one attached hydrogen (secondary N) is 1. The molecule has 7 nitrogen and oxygen atoms in total. The van der Waals surface area contributed by atoms with Crippen LogP contribution in [0.3, 0.4) is 0 Å². The summed E-state index contributed by atoms with van der Waals surface area (Å²) in [4.78, 5) is 28.2. The van der Waals surface area contributed by atoms with E-state index in [0.717, 1.165) is 34.5 Å². The number of nitrogens with zero attached hydrogens (tertiary/aromatic N) is 2. The van der Waals surface area contributed by atoms with Gasteiger partial charge in [0.2, 0.25) is 21.8 Å². The standard InChI is InChI=1S/C26H35Cl2N3O4S/c1-6-8-14-29-26(33)23(7-2)30(16-20-12-13-21(27)15-22(20)28)25(32)17-31(36(5,34)35)24-11-9-10-18(3)19(24)4/h9-13,15,23H,6-8,14,16-17H2,1-5H3,(H,29,33). The highest BCUT2D eigenvalue weighted by atomic mass is 35.5. The second-order valence-electron chi connectivity index (χ2n) is 8.81. The van der Waals surface area contributed by atoms with Gasteiger partial charge in [0.15, 0.2) is 0 Å². The first-order chi connectivity index (χ1) is 16.9. The number of benzene rings is 2. The van der Waals surface area contributed by atoms with Gasteiger partial charge in [-0.2, -0.15) is 0 Å². The Balaban J connectivity index is 2.48. The first-order valence-electron chi connectivity index (χ1n) is 12.0. The van der Waals surface area contributed by atoms with Crippen molar-refractivity contribution in [3.05, 3.63) is 63.1 Å². The molecule has 1 unspecified atom stereocenters. The first kappa shape index (κ1) is 29.9.